The van der Waals surface area contributed by atoms with Gasteiger partial charge in [0.25, 0.3) is 5.91 Å². The molecular weight excluding hydrogens is 313 g/mol. The number of nitrogens with zero attached hydrogens (tertiary/aromatic N) is 3. The van der Waals surface area contributed by atoms with Gasteiger partial charge in [-0.3, -0.25) is 4.79 Å². The summed E-state index contributed by atoms with van der Waals surface area (Å²) in [7, 11) is 3.40. The molecule has 0 spiro atoms. The minimum absolute atomic E-state index is 0.122. The van der Waals surface area contributed by atoms with Crippen LogP contribution in [0.3, 0.4) is 0 Å². The van der Waals surface area contributed by atoms with Crippen LogP contribution in [0.4, 0.5) is 4.39 Å². The fraction of sp³-hybridized carbons (Fsp3) is 0.412. The number of imidazole rings is 1. The number of carbonyl (C=O) groups is 1. The van der Waals surface area contributed by atoms with Crippen molar-refractivity contribution in [3.63, 3.8) is 0 Å². The molecule has 128 valence electrons. The molecule has 2 heterocycles. The number of carbonyl (C=O) groups excluding carboxylic acids is 1. The average molecular weight is 333 g/mol. The third-order valence-corrected chi connectivity index (χ3v) is 4.36. The third kappa shape index (κ3) is 3.26. The summed E-state index contributed by atoms with van der Waals surface area (Å²) >= 11 is 0. The van der Waals surface area contributed by atoms with E-state index in [9.17, 15) is 9.18 Å². The Morgan fingerprint density at radius 3 is 2.75 bits per heavy atom. The highest BCUT2D eigenvalue weighted by Crippen LogP contribution is 2.27. The lowest BCUT2D eigenvalue weighted by atomic mass is 10.0. The largest absolute Gasteiger partial charge is 0.491 e. The molecule has 1 atom stereocenters. The summed E-state index contributed by atoms with van der Waals surface area (Å²) in [5.74, 6) is 0.544. The Hall–Kier alpha value is -2.41. The fourth-order valence-electron chi connectivity index (χ4n) is 2.82. The molecule has 1 aromatic heterocycles. The van der Waals surface area contributed by atoms with E-state index in [2.05, 4.69) is 4.98 Å². The highest BCUT2D eigenvalue weighted by molar-refractivity contribution is 5.91. The molecule has 2 aromatic rings. The second-order valence-corrected chi connectivity index (χ2v) is 5.97. The zero-order chi connectivity index (χ0) is 17.2. The maximum absolute atomic E-state index is 12.9. The molecule has 0 bridgehead atoms. The normalized spacial score (nSPS) is 20.4. The Morgan fingerprint density at radius 1 is 1.38 bits per heavy atom. The van der Waals surface area contributed by atoms with Crippen molar-refractivity contribution in [3.8, 4) is 5.75 Å². The second kappa shape index (κ2) is 6.60. The van der Waals surface area contributed by atoms with E-state index in [1.54, 1.807) is 48.2 Å². The maximum atomic E-state index is 12.9. The summed E-state index contributed by atoms with van der Waals surface area (Å²) < 4.78 is 26.0. The summed E-state index contributed by atoms with van der Waals surface area (Å²) in [5, 5.41) is 0. The topological polar surface area (TPSA) is 56.6 Å². The molecule has 1 aliphatic rings. The highest BCUT2D eigenvalue weighted by Gasteiger charge is 2.42. The predicted molar refractivity (Wildman–Crippen MR) is 85.4 cm³/mol. The number of methoxy groups -OCH3 is 1. The first-order valence-corrected chi connectivity index (χ1v) is 7.73. The van der Waals surface area contributed by atoms with E-state index in [-0.39, 0.29) is 11.7 Å². The van der Waals surface area contributed by atoms with Crippen LogP contribution < -0.4 is 4.74 Å². The van der Waals surface area contributed by atoms with Crippen LogP contribution in [0.5, 0.6) is 5.75 Å². The highest BCUT2D eigenvalue weighted by atomic mass is 19.1. The molecule has 7 heteroatoms. The smallest absolute Gasteiger partial charge is 0.289 e. The standard InChI is InChI=1S/C17H20FN3O3/c1-20-10-8-19-15(20)16(22)21-9-7-17(11-21,23-2)12-24-14-5-3-13(18)4-6-14/h3-6,8,10H,7,9,11-12H2,1-2H3/t17-/m1/s1. The van der Waals surface area contributed by atoms with Gasteiger partial charge in [0, 0.05) is 33.1 Å². The number of rotatable bonds is 5. The molecular formula is C17H20FN3O3. The summed E-state index contributed by atoms with van der Waals surface area (Å²) in [6, 6.07) is 5.84. The van der Waals surface area contributed by atoms with Gasteiger partial charge in [0.2, 0.25) is 0 Å². The summed E-state index contributed by atoms with van der Waals surface area (Å²) in [5.41, 5.74) is -0.574. The Kier molecular flexibility index (Phi) is 4.53. The molecule has 1 saturated heterocycles. The summed E-state index contributed by atoms with van der Waals surface area (Å²) in [4.78, 5) is 18.4. The van der Waals surface area contributed by atoms with Gasteiger partial charge in [-0.25, -0.2) is 9.37 Å². The van der Waals surface area contributed by atoms with Crippen molar-refractivity contribution in [1.29, 1.82) is 0 Å². The first kappa shape index (κ1) is 16.4. The first-order chi connectivity index (χ1) is 11.5. The first-order valence-electron chi connectivity index (χ1n) is 7.73. The van der Waals surface area contributed by atoms with Crippen molar-refractivity contribution in [1.82, 2.24) is 14.5 Å². The van der Waals surface area contributed by atoms with Gasteiger partial charge in [-0.05, 0) is 30.7 Å². The molecule has 1 aromatic carbocycles. The van der Waals surface area contributed by atoms with E-state index in [1.165, 1.54) is 12.1 Å². The number of aromatic nitrogens is 2. The van der Waals surface area contributed by atoms with Crippen LogP contribution in [0.15, 0.2) is 36.7 Å². The zero-order valence-corrected chi connectivity index (χ0v) is 13.7. The third-order valence-electron chi connectivity index (χ3n) is 4.36. The van der Waals surface area contributed by atoms with Crippen LogP contribution in [0, 0.1) is 5.82 Å². The van der Waals surface area contributed by atoms with Gasteiger partial charge in [0.1, 0.15) is 23.8 Å². The SMILES string of the molecule is CO[C@]1(COc2ccc(F)cc2)CCN(C(=O)c2nccn2C)C1. The van der Waals surface area contributed by atoms with Crippen molar-refractivity contribution in [2.75, 3.05) is 26.8 Å². The lowest BCUT2D eigenvalue weighted by molar-refractivity contribution is -0.0343. The number of halogens is 1. The monoisotopic (exact) mass is 333 g/mol. The van der Waals surface area contributed by atoms with Gasteiger partial charge in [-0.2, -0.15) is 0 Å². The van der Waals surface area contributed by atoms with Crippen molar-refractivity contribution in [2.24, 2.45) is 7.05 Å². The van der Waals surface area contributed by atoms with Crippen molar-refractivity contribution in [2.45, 2.75) is 12.0 Å². The maximum Gasteiger partial charge on any atom is 0.289 e. The molecule has 0 radical (unpaired) electrons. The molecule has 0 unspecified atom stereocenters. The fourth-order valence-corrected chi connectivity index (χ4v) is 2.82. The van der Waals surface area contributed by atoms with Crippen LogP contribution in [0.1, 0.15) is 17.0 Å². The van der Waals surface area contributed by atoms with Crippen molar-refractivity contribution < 1.29 is 18.7 Å². The predicted octanol–water partition coefficient (Wildman–Crippen LogP) is 1.87. The van der Waals surface area contributed by atoms with Gasteiger partial charge in [-0.1, -0.05) is 0 Å². The van der Waals surface area contributed by atoms with E-state index in [0.29, 0.717) is 37.7 Å². The Bertz CT molecular complexity index is 716. The molecule has 0 N–H and O–H groups in total. The number of ether oxygens (including phenoxy) is 2. The molecule has 1 fully saturated rings. The lowest BCUT2D eigenvalue weighted by Gasteiger charge is -2.27. The number of aryl methyl sites for hydroxylation is 1. The molecule has 3 rings (SSSR count). The quantitative estimate of drug-likeness (QED) is 0.838. The zero-order valence-electron chi connectivity index (χ0n) is 13.7. The lowest BCUT2D eigenvalue weighted by Crippen LogP contribution is -2.42. The Balaban J connectivity index is 1.65. The van der Waals surface area contributed by atoms with Crippen molar-refractivity contribution in [3.05, 3.63) is 48.3 Å². The van der Waals surface area contributed by atoms with Crippen LogP contribution in [-0.2, 0) is 11.8 Å². The molecule has 1 amide bonds. The molecule has 1 aliphatic heterocycles. The number of benzene rings is 1. The van der Waals surface area contributed by atoms with Gasteiger partial charge < -0.3 is 18.9 Å². The Morgan fingerprint density at radius 2 is 2.12 bits per heavy atom. The minimum atomic E-state index is -0.574. The van der Waals surface area contributed by atoms with Crippen molar-refractivity contribution >= 4 is 5.91 Å². The number of hydrogen-bond acceptors (Lipinski definition) is 4. The molecule has 24 heavy (non-hydrogen) atoms. The van der Waals surface area contributed by atoms with Gasteiger partial charge >= 0.3 is 0 Å². The van der Waals surface area contributed by atoms with Crippen LogP contribution >= 0.6 is 0 Å². The van der Waals surface area contributed by atoms with Gasteiger partial charge in [0.05, 0.1) is 6.54 Å². The minimum Gasteiger partial charge on any atom is -0.491 e. The van der Waals surface area contributed by atoms with Gasteiger partial charge in [0.15, 0.2) is 5.82 Å². The van der Waals surface area contributed by atoms with Crippen LogP contribution in [0.2, 0.25) is 0 Å². The molecule has 0 saturated carbocycles. The number of hydrogen-bond donors (Lipinski definition) is 0. The molecule has 6 nitrogen and oxygen atoms in total. The van der Waals surface area contributed by atoms with Crippen LogP contribution in [0.25, 0.3) is 0 Å². The summed E-state index contributed by atoms with van der Waals surface area (Å²) in [6.07, 6.45) is 4.01. The van der Waals surface area contributed by atoms with E-state index in [1.807, 2.05) is 0 Å². The van der Waals surface area contributed by atoms with E-state index in [4.69, 9.17) is 9.47 Å². The van der Waals surface area contributed by atoms with E-state index >= 15 is 0 Å². The van der Waals surface area contributed by atoms with Crippen LogP contribution in [-0.4, -0.2) is 52.8 Å². The number of likely N-dealkylation sites (tertiary alicyclic amines) is 1. The average Bonchev–Trinajstić information content (AvgIpc) is 3.21. The van der Waals surface area contributed by atoms with E-state index < -0.39 is 5.60 Å². The Labute approximate surface area is 139 Å². The van der Waals surface area contributed by atoms with E-state index in [0.717, 1.165) is 0 Å². The van der Waals surface area contributed by atoms with Gasteiger partial charge in [-0.15, -0.1) is 0 Å². The summed E-state index contributed by atoms with van der Waals surface area (Å²) in [6.45, 7) is 1.29. The number of amides is 1. The molecule has 0 aliphatic carbocycles. The second-order valence-electron chi connectivity index (χ2n) is 5.97.